The predicted octanol–water partition coefficient (Wildman–Crippen LogP) is 4.26. The van der Waals surface area contributed by atoms with Gasteiger partial charge in [-0.2, -0.15) is 11.8 Å². The Labute approximate surface area is 121 Å². The van der Waals surface area contributed by atoms with Crippen molar-refractivity contribution in [3.05, 3.63) is 10.0 Å². The van der Waals surface area contributed by atoms with E-state index in [9.17, 15) is 0 Å². The monoisotopic (exact) mass is 310 g/mol. The van der Waals surface area contributed by atoms with Crippen molar-refractivity contribution < 1.29 is 0 Å². The van der Waals surface area contributed by atoms with E-state index >= 15 is 0 Å². The largest absolute Gasteiger partial charge is 0.347 e. The van der Waals surface area contributed by atoms with Crippen LogP contribution in [0, 0.1) is 0 Å². The Balaban J connectivity index is 2.11. The average Bonchev–Trinajstić information content (AvgIpc) is 2.54. The average molecular weight is 311 g/mol. The molecule has 0 saturated carbocycles. The quantitative estimate of drug-likeness (QED) is 0.759. The number of hydrogen-bond donors (Lipinski definition) is 0. The van der Waals surface area contributed by atoms with Crippen LogP contribution in [0.4, 0.5) is 5.13 Å². The molecule has 0 unspecified atom stereocenters. The number of rotatable bonds is 2. The lowest BCUT2D eigenvalue weighted by molar-refractivity contribution is 0.637. The molecular formula is C11H16Cl2N2S2. The van der Waals surface area contributed by atoms with Gasteiger partial charge in [-0.25, -0.2) is 4.98 Å². The summed E-state index contributed by atoms with van der Waals surface area (Å²) in [5.74, 6) is 1.59. The lowest BCUT2D eigenvalue weighted by Crippen LogP contribution is -2.26. The van der Waals surface area contributed by atoms with Gasteiger partial charge >= 0.3 is 0 Å². The standard InChI is InChI=1S/C11H16Cl2N2S2/c1-11(2)3-4-15(5-6-16-11)10-14-9(13)8(7-12)17-10/h3-7H2,1-2H3. The van der Waals surface area contributed by atoms with E-state index in [0.29, 0.717) is 15.8 Å². The number of alkyl halides is 1. The van der Waals surface area contributed by atoms with E-state index in [4.69, 9.17) is 23.2 Å². The van der Waals surface area contributed by atoms with Crippen LogP contribution in [0.2, 0.25) is 5.15 Å². The minimum atomic E-state index is 0.366. The highest BCUT2D eigenvalue weighted by Crippen LogP contribution is 2.35. The van der Waals surface area contributed by atoms with Crippen LogP contribution in [0.3, 0.4) is 0 Å². The maximum absolute atomic E-state index is 6.04. The number of halogens is 2. The summed E-state index contributed by atoms with van der Waals surface area (Å²) in [5.41, 5.74) is 0. The van der Waals surface area contributed by atoms with Crippen LogP contribution < -0.4 is 4.90 Å². The fraction of sp³-hybridized carbons (Fsp3) is 0.727. The fourth-order valence-corrected chi connectivity index (χ4v) is 4.38. The second-order valence-electron chi connectivity index (χ2n) is 4.69. The van der Waals surface area contributed by atoms with Gasteiger partial charge in [0.05, 0.1) is 10.8 Å². The Morgan fingerprint density at radius 1 is 1.41 bits per heavy atom. The summed E-state index contributed by atoms with van der Waals surface area (Å²) in [7, 11) is 0. The van der Waals surface area contributed by atoms with Gasteiger partial charge in [0.15, 0.2) is 5.13 Å². The van der Waals surface area contributed by atoms with Crippen LogP contribution in [0.5, 0.6) is 0 Å². The first-order valence-electron chi connectivity index (χ1n) is 5.62. The van der Waals surface area contributed by atoms with Crippen molar-refractivity contribution in [2.45, 2.75) is 30.9 Å². The summed E-state index contributed by atoms with van der Waals surface area (Å²) in [4.78, 5) is 7.71. The van der Waals surface area contributed by atoms with E-state index in [-0.39, 0.29) is 0 Å². The zero-order valence-corrected chi connectivity index (χ0v) is 13.1. The smallest absolute Gasteiger partial charge is 0.187 e. The highest BCUT2D eigenvalue weighted by atomic mass is 35.5. The molecule has 2 nitrogen and oxygen atoms in total. The van der Waals surface area contributed by atoms with Gasteiger partial charge in [-0.05, 0) is 6.42 Å². The Hall–Kier alpha value is 0.360. The molecular weight excluding hydrogens is 295 g/mol. The van der Waals surface area contributed by atoms with E-state index in [1.165, 1.54) is 6.42 Å². The van der Waals surface area contributed by atoms with Gasteiger partial charge in [0.1, 0.15) is 5.15 Å². The van der Waals surface area contributed by atoms with Gasteiger partial charge in [-0.1, -0.05) is 36.8 Å². The van der Waals surface area contributed by atoms with Gasteiger partial charge in [0.25, 0.3) is 0 Å². The summed E-state index contributed by atoms with van der Waals surface area (Å²) in [5, 5.41) is 1.58. The SMILES string of the molecule is CC1(C)CCN(c2nc(Cl)c(CCl)s2)CCS1. The minimum Gasteiger partial charge on any atom is -0.347 e. The van der Waals surface area contributed by atoms with Crippen LogP contribution >= 0.6 is 46.3 Å². The second kappa shape index (κ2) is 5.55. The normalized spacial score (nSPS) is 20.4. The van der Waals surface area contributed by atoms with Crippen LogP contribution in [-0.2, 0) is 5.88 Å². The van der Waals surface area contributed by atoms with E-state index in [2.05, 4.69) is 23.7 Å². The molecule has 0 spiro atoms. The van der Waals surface area contributed by atoms with Gasteiger partial charge in [-0.15, -0.1) is 11.6 Å². The van der Waals surface area contributed by atoms with Crippen molar-refractivity contribution in [3.63, 3.8) is 0 Å². The lowest BCUT2D eigenvalue weighted by Gasteiger charge is -2.22. The molecule has 96 valence electrons. The zero-order valence-electron chi connectivity index (χ0n) is 10.0. The summed E-state index contributed by atoms with van der Waals surface area (Å²) < 4.78 is 0.366. The van der Waals surface area contributed by atoms with Crippen LogP contribution in [0.1, 0.15) is 25.1 Å². The number of nitrogens with zero attached hydrogens (tertiary/aromatic N) is 2. The molecule has 1 saturated heterocycles. The molecule has 1 aromatic heterocycles. The highest BCUT2D eigenvalue weighted by Gasteiger charge is 2.25. The molecule has 1 aromatic rings. The van der Waals surface area contributed by atoms with Gasteiger partial charge in [0, 0.05) is 23.6 Å². The van der Waals surface area contributed by atoms with E-state index in [1.54, 1.807) is 11.3 Å². The number of hydrogen-bond acceptors (Lipinski definition) is 4. The van der Waals surface area contributed by atoms with Crippen molar-refractivity contribution >= 4 is 51.4 Å². The molecule has 0 radical (unpaired) electrons. The van der Waals surface area contributed by atoms with Crippen LogP contribution in [0.25, 0.3) is 0 Å². The van der Waals surface area contributed by atoms with Crippen molar-refractivity contribution in [1.82, 2.24) is 4.98 Å². The first kappa shape index (κ1) is 13.8. The predicted molar refractivity (Wildman–Crippen MR) is 80.0 cm³/mol. The first-order valence-corrected chi connectivity index (χ1v) is 8.33. The Morgan fingerprint density at radius 3 is 2.82 bits per heavy atom. The summed E-state index contributed by atoms with van der Waals surface area (Å²) >= 11 is 15.5. The molecule has 0 N–H and O–H groups in total. The molecule has 0 amide bonds. The van der Waals surface area contributed by atoms with Crippen molar-refractivity contribution in [3.8, 4) is 0 Å². The topological polar surface area (TPSA) is 16.1 Å². The summed E-state index contributed by atoms with van der Waals surface area (Å²) in [6, 6.07) is 0. The molecule has 1 fully saturated rings. The van der Waals surface area contributed by atoms with E-state index < -0.39 is 0 Å². The third-order valence-corrected chi connectivity index (χ3v) is 6.21. The van der Waals surface area contributed by atoms with Gasteiger partial charge in [-0.3, -0.25) is 0 Å². The van der Waals surface area contributed by atoms with Crippen LogP contribution in [0.15, 0.2) is 0 Å². The molecule has 0 atom stereocenters. The Bertz CT molecular complexity index is 393. The maximum Gasteiger partial charge on any atom is 0.187 e. The molecule has 0 aromatic carbocycles. The van der Waals surface area contributed by atoms with Gasteiger partial charge < -0.3 is 4.90 Å². The number of thiazole rings is 1. The molecule has 17 heavy (non-hydrogen) atoms. The number of thioether (sulfide) groups is 1. The maximum atomic E-state index is 6.04. The van der Waals surface area contributed by atoms with E-state index in [1.807, 2.05) is 11.8 Å². The lowest BCUT2D eigenvalue weighted by atomic mass is 10.1. The molecule has 2 rings (SSSR count). The zero-order chi connectivity index (χ0) is 12.5. The van der Waals surface area contributed by atoms with Crippen molar-refractivity contribution in [2.75, 3.05) is 23.7 Å². The molecule has 1 aliphatic rings. The van der Waals surface area contributed by atoms with E-state index in [0.717, 1.165) is 28.9 Å². The van der Waals surface area contributed by atoms with Crippen molar-refractivity contribution in [1.29, 1.82) is 0 Å². The molecule has 2 heterocycles. The number of aromatic nitrogens is 1. The molecule has 6 heteroatoms. The summed E-state index contributed by atoms with van der Waals surface area (Å²) in [6.45, 7) is 6.70. The fourth-order valence-electron chi connectivity index (χ4n) is 1.75. The van der Waals surface area contributed by atoms with Crippen LogP contribution in [-0.4, -0.2) is 28.6 Å². The first-order chi connectivity index (χ1) is 8.02. The minimum absolute atomic E-state index is 0.366. The Morgan fingerprint density at radius 2 is 2.18 bits per heavy atom. The molecule has 0 aliphatic carbocycles. The third kappa shape index (κ3) is 3.43. The third-order valence-electron chi connectivity index (χ3n) is 2.87. The number of anilines is 1. The Kier molecular flexibility index (Phi) is 4.50. The van der Waals surface area contributed by atoms with Crippen molar-refractivity contribution in [2.24, 2.45) is 0 Å². The highest BCUT2D eigenvalue weighted by molar-refractivity contribution is 8.00. The molecule has 1 aliphatic heterocycles. The van der Waals surface area contributed by atoms with Gasteiger partial charge in [0.2, 0.25) is 0 Å². The second-order valence-corrected chi connectivity index (χ2v) is 8.18. The molecule has 0 bridgehead atoms. The summed E-state index contributed by atoms with van der Waals surface area (Å²) in [6.07, 6.45) is 1.17.